The van der Waals surface area contributed by atoms with Crippen molar-refractivity contribution in [2.24, 2.45) is 11.7 Å². The molecule has 1 heterocycles. The zero-order valence-corrected chi connectivity index (χ0v) is 7.71. The van der Waals surface area contributed by atoms with Gasteiger partial charge < -0.3 is 5.73 Å². The van der Waals surface area contributed by atoms with Gasteiger partial charge in [0.25, 0.3) is 0 Å². The van der Waals surface area contributed by atoms with Crippen LogP contribution in [0.5, 0.6) is 0 Å². The van der Waals surface area contributed by atoms with Crippen LogP contribution in [-0.2, 0) is 0 Å². The molecule has 11 heavy (non-hydrogen) atoms. The highest BCUT2D eigenvalue weighted by Gasteiger charge is 2.21. The van der Waals surface area contributed by atoms with E-state index >= 15 is 0 Å². The van der Waals surface area contributed by atoms with E-state index in [0.717, 1.165) is 25.0 Å². The second kappa shape index (κ2) is 4.07. The first-order valence-electron chi connectivity index (χ1n) is 4.68. The molecule has 1 fully saturated rings. The van der Waals surface area contributed by atoms with Gasteiger partial charge in [-0.15, -0.1) is 0 Å². The highest BCUT2D eigenvalue weighted by molar-refractivity contribution is 4.76. The fourth-order valence-electron chi connectivity index (χ4n) is 1.86. The van der Waals surface area contributed by atoms with Crippen molar-refractivity contribution in [3.63, 3.8) is 0 Å². The van der Waals surface area contributed by atoms with Crippen LogP contribution in [0.1, 0.15) is 26.7 Å². The van der Waals surface area contributed by atoms with Crippen molar-refractivity contribution in [3.05, 3.63) is 0 Å². The molecule has 1 aliphatic heterocycles. The van der Waals surface area contributed by atoms with Crippen molar-refractivity contribution in [2.75, 3.05) is 19.6 Å². The summed E-state index contributed by atoms with van der Waals surface area (Å²) in [5.41, 5.74) is 5.53. The summed E-state index contributed by atoms with van der Waals surface area (Å²) in [7, 11) is 0. The minimum Gasteiger partial charge on any atom is -0.329 e. The minimum absolute atomic E-state index is 0.759. The number of nitrogens with two attached hydrogens (primary N) is 1. The Bertz CT molecular complexity index is 114. The van der Waals surface area contributed by atoms with Gasteiger partial charge in [-0.1, -0.05) is 6.92 Å². The summed E-state index contributed by atoms with van der Waals surface area (Å²) < 4.78 is 0. The van der Waals surface area contributed by atoms with Crippen molar-refractivity contribution in [1.29, 1.82) is 0 Å². The predicted octanol–water partition coefficient (Wildman–Crippen LogP) is 1.07. The van der Waals surface area contributed by atoms with E-state index in [1.165, 1.54) is 19.4 Å². The molecule has 2 heteroatoms. The van der Waals surface area contributed by atoms with E-state index in [1.54, 1.807) is 0 Å². The first-order valence-corrected chi connectivity index (χ1v) is 4.68. The summed E-state index contributed by atoms with van der Waals surface area (Å²) in [5.74, 6) is 0.873. The van der Waals surface area contributed by atoms with Gasteiger partial charge in [-0.25, -0.2) is 0 Å². The lowest BCUT2D eigenvalue weighted by Crippen LogP contribution is -2.43. The Hall–Kier alpha value is -0.0800. The summed E-state index contributed by atoms with van der Waals surface area (Å²) in [4.78, 5) is 2.51. The lowest BCUT2D eigenvalue weighted by atomic mass is 9.95. The lowest BCUT2D eigenvalue weighted by molar-refractivity contribution is 0.129. The zero-order valence-electron chi connectivity index (χ0n) is 7.71. The maximum atomic E-state index is 5.53. The summed E-state index contributed by atoms with van der Waals surface area (Å²) >= 11 is 0. The molecular weight excluding hydrogens is 136 g/mol. The molecule has 0 unspecified atom stereocenters. The molecule has 0 aromatic heterocycles. The molecule has 0 aromatic rings. The first kappa shape index (κ1) is 9.01. The van der Waals surface area contributed by atoms with E-state index in [-0.39, 0.29) is 0 Å². The fourth-order valence-corrected chi connectivity index (χ4v) is 1.86. The smallest absolute Gasteiger partial charge is 0.0108 e. The van der Waals surface area contributed by atoms with Crippen LogP contribution in [0.3, 0.4) is 0 Å². The molecule has 0 bridgehead atoms. The molecule has 2 N–H and O–H groups in total. The van der Waals surface area contributed by atoms with Crippen molar-refractivity contribution in [2.45, 2.75) is 32.7 Å². The van der Waals surface area contributed by atoms with E-state index in [1.807, 2.05) is 0 Å². The molecule has 1 saturated heterocycles. The van der Waals surface area contributed by atoms with Crippen LogP contribution in [-0.4, -0.2) is 30.6 Å². The Balaban J connectivity index is 2.34. The second-order valence-electron chi connectivity index (χ2n) is 3.82. The number of likely N-dealkylation sites (tertiary alicyclic amines) is 1. The molecule has 1 rings (SSSR count). The molecule has 0 saturated carbocycles. The molecule has 0 amide bonds. The molecule has 2 atom stereocenters. The first-order chi connectivity index (χ1) is 5.24. The maximum Gasteiger partial charge on any atom is 0.0108 e. The number of hydrogen-bond acceptors (Lipinski definition) is 2. The zero-order chi connectivity index (χ0) is 8.27. The van der Waals surface area contributed by atoms with E-state index in [4.69, 9.17) is 5.73 Å². The van der Waals surface area contributed by atoms with Crippen LogP contribution in [0.25, 0.3) is 0 Å². The third-order valence-electron chi connectivity index (χ3n) is 2.66. The summed E-state index contributed by atoms with van der Waals surface area (Å²) in [6.07, 6.45) is 2.74. The largest absolute Gasteiger partial charge is 0.329 e. The topological polar surface area (TPSA) is 29.3 Å². The van der Waals surface area contributed by atoms with Gasteiger partial charge >= 0.3 is 0 Å². The number of piperidine rings is 1. The summed E-state index contributed by atoms with van der Waals surface area (Å²) in [6, 6.07) is 0.759. The van der Waals surface area contributed by atoms with Crippen molar-refractivity contribution >= 4 is 0 Å². The number of rotatable bonds is 2. The van der Waals surface area contributed by atoms with Crippen LogP contribution in [0.15, 0.2) is 0 Å². The molecule has 66 valence electrons. The normalized spacial score (nSPS) is 34.1. The monoisotopic (exact) mass is 156 g/mol. The number of hydrogen-bond donors (Lipinski definition) is 1. The van der Waals surface area contributed by atoms with Gasteiger partial charge in [-0.2, -0.15) is 0 Å². The van der Waals surface area contributed by atoms with Crippen LogP contribution >= 0.6 is 0 Å². The van der Waals surface area contributed by atoms with E-state index in [2.05, 4.69) is 18.7 Å². The van der Waals surface area contributed by atoms with Crippen LogP contribution < -0.4 is 5.73 Å². The highest BCUT2D eigenvalue weighted by atomic mass is 15.2. The van der Waals surface area contributed by atoms with Gasteiger partial charge in [0, 0.05) is 25.7 Å². The second-order valence-corrected chi connectivity index (χ2v) is 3.82. The summed E-state index contributed by atoms with van der Waals surface area (Å²) in [6.45, 7) is 7.76. The Morgan fingerprint density at radius 3 is 2.73 bits per heavy atom. The Morgan fingerprint density at radius 2 is 2.09 bits per heavy atom. The van der Waals surface area contributed by atoms with Crippen LogP contribution in [0, 0.1) is 5.92 Å². The summed E-state index contributed by atoms with van der Waals surface area (Å²) in [5, 5.41) is 0. The van der Waals surface area contributed by atoms with Gasteiger partial charge in [0.05, 0.1) is 0 Å². The predicted molar refractivity (Wildman–Crippen MR) is 48.5 cm³/mol. The van der Waals surface area contributed by atoms with Gasteiger partial charge in [-0.05, 0) is 25.7 Å². The minimum atomic E-state index is 0.759. The van der Waals surface area contributed by atoms with Crippen molar-refractivity contribution in [3.8, 4) is 0 Å². The molecular formula is C9H20N2. The van der Waals surface area contributed by atoms with Gasteiger partial charge in [0.15, 0.2) is 0 Å². The van der Waals surface area contributed by atoms with Crippen molar-refractivity contribution in [1.82, 2.24) is 4.90 Å². The molecule has 1 aliphatic rings. The molecule has 0 spiro atoms. The Morgan fingerprint density at radius 1 is 1.36 bits per heavy atom. The molecule has 0 aliphatic carbocycles. The number of nitrogens with zero attached hydrogens (tertiary/aromatic N) is 1. The Kier molecular flexibility index (Phi) is 3.34. The maximum absolute atomic E-state index is 5.53. The van der Waals surface area contributed by atoms with E-state index in [9.17, 15) is 0 Å². The molecule has 0 aromatic carbocycles. The highest BCUT2D eigenvalue weighted by Crippen LogP contribution is 2.20. The van der Waals surface area contributed by atoms with Gasteiger partial charge in [0.2, 0.25) is 0 Å². The van der Waals surface area contributed by atoms with Gasteiger partial charge in [0.1, 0.15) is 0 Å². The Labute approximate surface area is 69.8 Å². The average Bonchev–Trinajstić information content (AvgIpc) is 1.98. The lowest BCUT2D eigenvalue weighted by Gasteiger charge is -2.36. The van der Waals surface area contributed by atoms with E-state index < -0.39 is 0 Å². The van der Waals surface area contributed by atoms with Crippen molar-refractivity contribution < 1.29 is 0 Å². The molecule has 0 radical (unpaired) electrons. The SMILES string of the molecule is C[C@H]1CC[C@H](C)N(CCN)C1. The van der Waals surface area contributed by atoms with Gasteiger partial charge in [-0.3, -0.25) is 4.90 Å². The third kappa shape index (κ3) is 2.46. The molecule has 2 nitrogen and oxygen atoms in total. The third-order valence-corrected chi connectivity index (χ3v) is 2.66. The fraction of sp³-hybridized carbons (Fsp3) is 1.00. The van der Waals surface area contributed by atoms with E-state index in [0.29, 0.717) is 0 Å². The quantitative estimate of drug-likeness (QED) is 0.648. The average molecular weight is 156 g/mol. The van der Waals surface area contributed by atoms with Crippen LogP contribution in [0.4, 0.5) is 0 Å². The standard InChI is InChI=1S/C9H20N2/c1-8-3-4-9(2)11(7-8)6-5-10/h8-9H,3-7,10H2,1-2H3/t8-,9-/m0/s1. The van der Waals surface area contributed by atoms with Crippen LogP contribution in [0.2, 0.25) is 0 Å².